The van der Waals surface area contributed by atoms with Crippen molar-refractivity contribution in [3.63, 3.8) is 0 Å². The van der Waals surface area contributed by atoms with E-state index in [4.69, 9.17) is 27.9 Å². The number of anilines is 1. The number of carbonyl (C=O) groups excluding carboxylic acids is 2. The molecule has 0 aliphatic heterocycles. The van der Waals surface area contributed by atoms with Crippen LogP contribution in [0.2, 0.25) is 25.7 Å². The molecule has 2 N–H and O–H groups in total. The number of hydrogen-bond acceptors (Lipinski definition) is 6. The van der Waals surface area contributed by atoms with Gasteiger partial charge in [-0.3, -0.25) is 14.3 Å². The average molecular weight is 673 g/mol. The summed E-state index contributed by atoms with van der Waals surface area (Å²) in [4.78, 5) is 29.7. The van der Waals surface area contributed by atoms with Gasteiger partial charge in [0.05, 0.1) is 11.7 Å². The zero-order valence-electron chi connectivity index (χ0n) is 26.0. The first-order chi connectivity index (χ1) is 20.7. The van der Waals surface area contributed by atoms with Gasteiger partial charge in [0.1, 0.15) is 35.8 Å². The molecule has 44 heavy (non-hydrogen) atoms. The molecule has 0 aliphatic carbocycles. The topological polar surface area (TPSA) is 116 Å². The van der Waals surface area contributed by atoms with Gasteiger partial charge in [-0.1, -0.05) is 19.6 Å². The van der Waals surface area contributed by atoms with E-state index in [0.29, 0.717) is 30.7 Å². The normalized spacial score (nSPS) is 13.2. The highest BCUT2D eigenvalue weighted by atomic mass is 35.5. The number of carbonyl (C=O) groups is 2. The smallest absolute Gasteiger partial charge is 0.270 e. The first kappa shape index (κ1) is 35.6. The van der Waals surface area contributed by atoms with Gasteiger partial charge >= 0.3 is 0 Å². The second-order valence-corrected chi connectivity index (χ2v) is 18.8. The van der Waals surface area contributed by atoms with Crippen molar-refractivity contribution in [1.29, 1.82) is 0 Å². The highest BCUT2D eigenvalue weighted by Crippen LogP contribution is 2.29. The second kappa shape index (κ2) is 15.9. The number of aromatic nitrogens is 5. The summed E-state index contributed by atoms with van der Waals surface area (Å²) in [5.74, 6) is -2.04. The summed E-state index contributed by atoms with van der Waals surface area (Å²) in [6.45, 7) is 12.2. The van der Waals surface area contributed by atoms with Crippen molar-refractivity contribution in [2.75, 3.05) is 18.6 Å². The number of rotatable bonds is 16. The molecule has 15 heteroatoms. The van der Waals surface area contributed by atoms with Crippen LogP contribution in [0, 0.1) is 19.8 Å². The number of hydrogen-bond donors (Lipinski definition) is 2. The number of nitrogens with one attached hydrogen (secondary N) is 2. The molecule has 3 rings (SSSR count). The van der Waals surface area contributed by atoms with Crippen molar-refractivity contribution in [1.82, 2.24) is 29.9 Å². The van der Waals surface area contributed by atoms with E-state index >= 15 is 4.39 Å². The lowest BCUT2D eigenvalue weighted by Gasteiger charge is -2.20. The molecule has 0 bridgehead atoms. The number of ether oxygens (including phenoxy) is 1. The Bertz CT molecular complexity index is 1430. The summed E-state index contributed by atoms with van der Waals surface area (Å²) in [5.41, 5.74) is 2.29. The monoisotopic (exact) mass is 671 g/mol. The number of alkyl halides is 3. The van der Waals surface area contributed by atoms with E-state index in [-0.39, 0.29) is 30.2 Å². The maximum Gasteiger partial charge on any atom is 0.270 e. The van der Waals surface area contributed by atoms with Gasteiger partial charge in [0, 0.05) is 37.7 Å². The molecule has 0 aliphatic rings. The Balaban J connectivity index is 1.75. The number of nitrogens with zero attached hydrogens (tertiary/aromatic N) is 5. The van der Waals surface area contributed by atoms with Crippen molar-refractivity contribution in [3.05, 3.63) is 47.4 Å². The molecular formula is C29H41Cl2F2N7O3Si. The van der Waals surface area contributed by atoms with Crippen LogP contribution in [0.25, 0.3) is 11.1 Å². The summed E-state index contributed by atoms with van der Waals surface area (Å²) in [5, 5.41) is 13.8. The minimum Gasteiger partial charge on any atom is -0.360 e. The molecule has 2 amide bonds. The Kier molecular flexibility index (Phi) is 12.9. The maximum atomic E-state index is 15.4. The maximum absolute atomic E-state index is 15.4. The van der Waals surface area contributed by atoms with Crippen LogP contribution in [0.5, 0.6) is 0 Å². The van der Waals surface area contributed by atoms with Crippen molar-refractivity contribution < 1.29 is 23.1 Å². The van der Waals surface area contributed by atoms with Gasteiger partial charge in [0.15, 0.2) is 0 Å². The highest BCUT2D eigenvalue weighted by molar-refractivity contribution is 6.76. The van der Waals surface area contributed by atoms with Crippen LogP contribution < -0.4 is 10.6 Å². The molecule has 242 valence electrons. The quantitative estimate of drug-likeness (QED) is 0.0782. The lowest BCUT2D eigenvalue weighted by molar-refractivity contribution is -0.118. The Hall–Kier alpha value is -2.87. The van der Waals surface area contributed by atoms with Crippen LogP contribution in [0.15, 0.2) is 24.4 Å². The highest BCUT2D eigenvalue weighted by Gasteiger charge is 2.26. The Morgan fingerprint density at radius 1 is 1.14 bits per heavy atom. The molecule has 0 aromatic carbocycles. The van der Waals surface area contributed by atoms with Gasteiger partial charge in [-0.15, -0.1) is 23.2 Å². The van der Waals surface area contributed by atoms with E-state index in [0.717, 1.165) is 11.7 Å². The van der Waals surface area contributed by atoms with Crippen LogP contribution in [-0.4, -0.2) is 68.6 Å². The zero-order valence-corrected chi connectivity index (χ0v) is 28.5. The third kappa shape index (κ3) is 9.81. The van der Waals surface area contributed by atoms with Crippen molar-refractivity contribution in [2.24, 2.45) is 0 Å². The van der Waals surface area contributed by atoms with Crippen LogP contribution in [-0.2, 0) is 16.3 Å². The molecule has 0 spiro atoms. The molecule has 1 unspecified atom stereocenters. The van der Waals surface area contributed by atoms with Crippen molar-refractivity contribution in [2.45, 2.75) is 89.4 Å². The number of halogens is 4. The lowest BCUT2D eigenvalue weighted by atomic mass is 10.1. The SMILES string of the molecule is Cc1nn(COCC[Si](C)(C)C)c(C)c1-c1ccc(NC(=O)[C@H](CCCC(Cl)Cl)NC(=O)c2ccnn2C(C)CF)nc1F. The van der Waals surface area contributed by atoms with Gasteiger partial charge in [-0.25, -0.2) is 14.1 Å². The van der Waals surface area contributed by atoms with Crippen LogP contribution in [0.4, 0.5) is 14.6 Å². The van der Waals surface area contributed by atoms with Crippen molar-refractivity contribution in [3.8, 4) is 11.1 Å². The van der Waals surface area contributed by atoms with E-state index in [2.05, 4.69) is 45.5 Å². The van der Waals surface area contributed by atoms with E-state index in [1.807, 2.05) is 6.92 Å². The molecule has 10 nitrogen and oxygen atoms in total. The van der Waals surface area contributed by atoms with Gasteiger partial charge in [0.2, 0.25) is 11.9 Å². The summed E-state index contributed by atoms with van der Waals surface area (Å²) in [6.07, 6.45) is 2.38. The molecule has 0 fully saturated rings. The zero-order chi connectivity index (χ0) is 32.6. The number of pyridine rings is 1. The molecule has 2 atom stereocenters. The number of aryl methyl sites for hydroxylation is 1. The Morgan fingerprint density at radius 3 is 2.50 bits per heavy atom. The third-order valence-corrected chi connectivity index (χ3v) is 9.18. The Morgan fingerprint density at radius 2 is 1.86 bits per heavy atom. The summed E-state index contributed by atoms with van der Waals surface area (Å²) in [6, 6.07) is 3.78. The van der Waals surface area contributed by atoms with E-state index in [1.54, 1.807) is 18.5 Å². The largest absolute Gasteiger partial charge is 0.360 e. The molecule has 0 saturated heterocycles. The molecule has 0 saturated carbocycles. The predicted octanol–water partition coefficient (Wildman–Crippen LogP) is 6.45. The first-order valence-electron chi connectivity index (χ1n) is 14.5. The summed E-state index contributed by atoms with van der Waals surface area (Å²) < 4.78 is 37.4. The standard InChI is InChI=1S/C29H41Cl2F2N7O3Si/c1-18(16-32)40-23(12-13-34-40)29(42)35-22(8-7-9-24(30)31)28(41)37-25-11-10-21(27(33)36-25)26-19(2)38-39(20(26)3)17-43-14-15-44(4,5)6/h10-13,18,22,24H,7-9,14-17H2,1-6H3,(H,35,42)(H,36,37,41)/t18?,22-/m0/s1. The molecule has 0 radical (unpaired) electrons. The van der Waals surface area contributed by atoms with Crippen LogP contribution in [0.3, 0.4) is 0 Å². The fourth-order valence-corrected chi connectivity index (χ4v) is 5.60. The summed E-state index contributed by atoms with van der Waals surface area (Å²) >= 11 is 11.7. The van der Waals surface area contributed by atoms with E-state index in [9.17, 15) is 14.0 Å². The van der Waals surface area contributed by atoms with Crippen LogP contribution >= 0.6 is 23.2 Å². The second-order valence-electron chi connectivity index (χ2n) is 11.9. The fraction of sp³-hybridized carbons (Fsp3) is 0.552. The van der Waals surface area contributed by atoms with Gasteiger partial charge in [0.25, 0.3) is 5.91 Å². The lowest BCUT2D eigenvalue weighted by Crippen LogP contribution is -2.44. The number of amides is 2. The first-order valence-corrected chi connectivity index (χ1v) is 19.1. The molecule has 3 aromatic rings. The van der Waals surface area contributed by atoms with E-state index < -0.39 is 49.4 Å². The van der Waals surface area contributed by atoms with Gasteiger partial charge < -0.3 is 15.4 Å². The van der Waals surface area contributed by atoms with E-state index in [1.165, 1.54) is 29.1 Å². The van der Waals surface area contributed by atoms with Crippen LogP contribution in [0.1, 0.15) is 54.1 Å². The van der Waals surface area contributed by atoms with Crippen molar-refractivity contribution >= 4 is 48.9 Å². The minimum atomic E-state index is -1.23. The molecular weight excluding hydrogens is 631 g/mol. The Labute approximate surface area is 267 Å². The predicted molar refractivity (Wildman–Crippen MR) is 171 cm³/mol. The summed E-state index contributed by atoms with van der Waals surface area (Å²) in [7, 11) is -1.23. The van der Waals surface area contributed by atoms with Gasteiger partial charge in [-0.05, 0) is 64.3 Å². The average Bonchev–Trinajstić information content (AvgIpc) is 3.54. The fourth-order valence-electron chi connectivity index (χ4n) is 4.53. The third-order valence-electron chi connectivity index (χ3n) is 7.04. The molecule has 3 heterocycles. The van der Waals surface area contributed by atoms with Gasteiger partial charge in [-0.2, -0.15) is 14.6 Å². The molecule has 3 aromatic heterocycles. The minimum absolute atomic E-state index is 0.0310.